The Morgan fingerprint density at radius 1 is 1.15 bits per heavy atom. The average molecular weight is 283 g/mol. The zero-order chi connectivity index (χ0) is 15.2. The third-order valence-corrected chi connectivity index (χ3v) is 5.59. The second-order valence-electron chi connectivity index (χ2n) is 8.34. The maximum atomic E-state index is 11.0. The van der Waals surface area contributed by atoms with Gasteiger partial charge in [-0.05, 0) is 49.4 Å². The minimum absolute atomic E-state index is 0.367. The average Bonchev–Trinajstić information content (AvgIpc) is 2.56. The summed E-state index contributed by atoms with van der Waals surface area (Å²) >= 11 is 0. The van der Waals surface area contributed by atoms with E-state index < -0.39 is 0 Å². The number of unbranched alkanes of at least 4 members (excludes halogenated alkanes) is 1. The van der Waals surface area contributed by atoms with E-state index in [0.717, 1.165) is 31.1 Å². The van der Waals surface area contributed by atoms with E-state index in [2.05, 4.69) is 34.6 Å². The Morgan fingerprint density at radius 2 is 1.85 bits per heavy atom. The molecule has 3 atom stereocenters. The first-order valence-electron chi connectivity index (χ1n) is 9.03. The molecule has 1 aliphatic rings. The Morgan fingerprint density at radius 3 is 2.40 bits per heavy atom. The van der Waals surface area contributed by atoms with Gasteiger partial charge in [-0.2, -0.15) is 0 Å². The molecule has 1 fully saturated rings. The smallest absolute Gasteiger partial charge is 0.0650 e. The van der Waals surface area contributed by atoms with E-state index in [9.17, 15) is 5.11 Å². The van der Waals surface area contributed by atoms with Crippen LogP contribution in [0.3, 0.4) is 0 Å². The second kappa shape index (κ2) is 7.82. The lowest BCUT2D eigenvalue weighted by Gasteiger charge is -2.32. The van der Waals surface area contributed by atoms with Gasteiger partial charge in [-0.25, -0.2) is 0 Å². The second-order valence-corrected chi connectivity index (χ2v) is 8.34. The van der Waals surface area contributed by atoms with Crippen molar-refractivity contribution in [2.24, 2.45) is 17.3 Å². The van der Waals surface area contributed by atoms with Gasteiger partial charge in [-0.15, -0.1) is 0 Å². The van der Waals surface area contributed by atoms with Gasteiger partial charge in [0.25, 0.3) is 0 Å². The van der Waals surface area contributed by atoms with E-state index in [1.807, 2.05) is 0 Å². The molecule has 0 spiro atoms. The van der Waals surface area contributed by atoms with Crippen LogP contribution in [-0.4, -0.2) is 10.7 Å². The molecule has 3 unspecified atom stereocenters. The minimum atomic E-state index is -0.367. The van der Waals surface area contributed by atoms with Crippen molar-refractivity contribution in [1.29, 1.82) is 0 Å². The zero-order valence-corrected chi connectivity index (χ0v) is 14.7. The Balaban J connectivity index is 2.56. The van der Waals surface area contributed by atoms with Crippen LogP contribution < -0.4 is 0 Å². The topological polar surface area (TPSA) is 20.2 Å². The quantitative estimate of drug-likeness (QED) is 0.597. The first-order chi connectivity index (χ1) is 9.30. The highest BCUT2D eigenvalue weighted by Gasteiger charge is 2.35. The van der Waals surface area contributed by atoms with Gasteiger partial charge in [0.05, 0.1) is 5.60 Å². The molecule has 0 saturated heterocycles. The third-order valence-electron chi connectivity index (χ3n) is 5.59. The summed E-state index contributed by atoms with van der Waals surface area (Å²) in [6.45, 7) is 11.6. The summed E-state index contributed by atoms with van der Waals surface area (Å²) in [5.41, 5.74) is 0.0338. The van der Waals surface area contributed by atoms with Crippen LogP contribution in [0.2, 0.25) is 0 Å². The van der Waals surface area contributed by atoms with Gasteiger partial charge < -0.3 is 5.11 Å². The van der Waals surface area contributed by atoms with Crippen molar-refractivity contribution in [3.63, 3.8) is 0 Å². The molecule has 1 heteroatoms. The molecule has 1 nitrogen and oxygen atoms in total. The van der Waals surface area contributed by atoms with E-state index in [-0.39, 0.29) is 5.60 Å². The molecule has 0 aromatic rings. The molecule has 0 amide bonds. The van der Waals surface area contributed by atoms with Gasteiger partial charge in [0, 0.05) is 0 Å². The van der Waals surface area contributed by atoms with Gasteiger partial charge in [-0.1, -0.05) is 66.7 Å². The normalized spacial score (nSPS) is 30.0. The molecule has 0 aromatic carbocycles. The molecule has 0 bridgehead atoms. The first-order valence-corrected chi connectivity index (χ1v) is 9.03. The van der Waals surface area contributed by atoms with E-state index in [1.165, 1.54) is 44.9 Å². The molecule has 1 rings (SSSR count). The van der Waals surface area contributed by atoms with Crippen LogP contribution in [-0.2, 0) is 0 Å². The lowest BCUT2D eigenvalue weighted by Crippen LogP contribution is -2.31. The zero-order valence-electron chi connectivity index (χ0n) is 14.7. The Kier molecular flexibility index (Phi) is 7.04. The molecule has 0 heterocycles. The largest absolute Gasteiger partial charge is 0.390 e. The first kappa shape index (κ1) is 18.0. The van der Waals surface area contributed by atoms with E-state index in [0.29, 0.717) is 5.41 Å². The number of hydrogen-bond acceptors (Lipinski definition) is 1. The van der Waals surface area contributed by atoms with Gasteiger partial charge in [0.15, 0.2) is 0 Å². The molecule has 0 radical (unpaired) electrons. The van der Waals surface area contributed by atoms with Gasteiger partial charge in [0.2, 0.25) is 0 Å². The van der Waals surface area contributed by atoms with E-state index in [4.69, 9.17) is 0 Å². The van der Waals surface area contributed by atoms with Gasteiger partial charge >= 0.3 is 0 Å². The predicted molar refractivity (Wildman–Crippen MR) is 88.9 cm³/mol. The van der Waals surface area contributed by atoms with Crippen LogP contribution >= 0.6 is 0 Å². The van der Waals surface area contributed by atoms with Crippen LogP contribution in [0.5, 0.6) is 0 Å². The number of aliphatic hydroxyl groups is 1. The molecular formula is C19H38O. The molecule has 120 valence electrons. The van der Waals surface area contributed by atoms with Crippen molar-refractivity contribution in [3.8, 4) is 0 Å². The molecule has 1 aliphatic carbocycles. The van der Waals surface area contributed by atoms with Gasteiger partial charge in [-0.3, -0.25) is 0 Å². The fourth-order valence-corrected chi connectivity index (χ4v) is 3.94. The van der Waals surface area contributed by atoms with Crippen molar-refractivity contribution in [2.45, 2.75) is 104 Å². The lowest BCUT2D eigenvalue weighted by atomic mass is 9.75. The summed E-state index contributed by atoms with van der Waals surface area (Å²) in [6.07, 6.45) is 12.0. The third kappa shape index (κ3) is 5.76. The summed E-state index contributed by atoms with van der Waals surface area (Å²) in [4.78, 5) is 0. The van der Waals surface area contributed by atoms with Crippen LogP contribution in [0, 0.1) is 17.3 Å². The summed E-state index contributed by atoms with van der Waals surface area (Å²) in [6, 6.07) is 0. The Bertz CT molecular complexity index is 265. The summed E-state index contributed by atoms with van der Waals surface area (Å²) < 4.78 is 0. The SMILES string of the molecule is CCCCC(CC)CC1(O)CCCC(C(C)(C)C)CC1. The maximum absolute atomic E-state index is 11.0. The van der Waals surface area contributed by atoms with Crippen LogP contribution in [0.15, 0.2) is 0 Å². The molecule has 0 aliphatic heterocycles. The molecular weight excluding hydrogens is 244 g/mol. The van der Waals surface area contributed by atoms with Crippen molar-refractivity contribution in [1.82, 2.24) is 0 Å². The summed E-state index contributed by atoms with van der Waals surface area (Å²) in [5, 5.41) is 11.0. The van der Waals surface area contributed by atoms with Gasteiger partial charge in [0.1, 0.15) is 0 Å². The van der Waals surface area contributed by atoms with Crippen molar-refractivity contribution < 1.29 is 5.11 Å². The number of rotatable bonds is 6. The minimum Gasteiger partial charge on any atom is -0.390 e. The molecule has 20 heavy (non-hydrogen) atoms. The van der Waals surface area contributed by atoms with Crippen LogP contribution in [0.25, 0.3) is 0 Å². The highest BCUT2D eigenvalue weighted by Crippen LogP contribution is 2.42. The number of hydrogen-bond donors (Lipinski definition) is 1. The maximum Gasteiger partial charge on any atom is 0.0650 e. The van der Waals surface area contributed by atoms with Crippen molar-refractivity contribution in [3.05, 3.63) is 0 Å². The summed E-state index contributed by atoms with van der Waals surface area (Å²) in [5.74, 6) is 1.51. The van der Waals surface area contributed by atoms with Crippen LogP contribution in [0.1, 0.15) is 98.8 Å². The monoisotopic (exact) mass is 282 g/mol. The van der Waals surface area contributed by atoms with Crippen LogP contribution in [0.4, 0.5) is 0 Å². The lowest BCUT2D eigenvalue weighted by molar-refractivity contribution is -0.00296. The molecule has 0 aromatic heterocycles. The standard InChI is InChI=1S/C19H38O/c1-6-8-10-16(7-2)15-19(20)13-9-11-17(12-14-19)18(3,4)5/h16-17,20H,6-15H2,1-5H3. The predicted octanol–water partition coefficient (Wildman–Crippen LogP) is 5.95. The molecule has 1 N–H and O–H groups in total. The highest BCUT2D eigenvalue weighted by molar-refractivity contribution is 4.88. The van der Waals surface area contributed by atoms with E-state index >= 15 is 0 Å². The van der Waals surface area contributed by atoms with Crippen molar-refractivity contribution in [2.75, 3.05) is 0 Å². The highest BCUT2D eigenvalue weighted by atomic mass is 16.3. The fourth-order valence-electron chi connectivity index (χ4n) is 3.94. The van der Waals surface area contributed by atoms with Crippen molar-refractivity contribution >= 4 is 0 Å². The fraction of sp³-hybridized carbons (Fsp3) is 1.00. The Hall–Kier alpha value is -0.0400. The Labute approximate surface area is 127 Å². The molecule has 1 saturated carbocycles. The van der Waals surface area contributed by atoms with E-state index in [1.54, 1.807) is 0 Å². The summed E-state index contributed by atoms with van der Waals surface area (Å²) in [7, 11) is 0.